The monoisotopic (exact) mass is 532 g/mol. The summed E-state index contributed by atoms with van der Waals surface area (Å²) < 4.78 is 127. The molecule has 0 unspecified atom stereocenters. The second kappa shape index (κ2) is 8.37. The van der Waals surface area contributed by atoms with Crippen LogP contribution in [0.3, 0.4) is 0 Å². The van der Waals surface area contributed by atoms with Crippen molar-refractivity contribution < 1.29 is 56.7 Å². The van der Waals surface area contributed by atoms with E-state index in [1.54, 1.807) is 0 Å². The first-order valence-electron chi connectivity index (χ1n) is 7.55. The Balaban J connectivity index is 2.47. The highest BCUT2D eigenvalue weighted by molar-refractivity contribution is 7.87. The molecule has 2 aromatic carbocycles. The molecule has 0 bridgehead atoms. The van der Waals surface area contributed by atoms with Crippen LogP contribution >= 0.6 is 0 Å². The van der Waals surface area contributed by atoms with E-state index < -0.39 is 77.5 Å². The zero-order valence-electron chi connectivity index (χ0n) is 15.1. The Bertz CT molecular complexity index is 1310. The molecule has 2 aromatic rings. The van der Waals surface area contributed by atoms with Gasteiger partial charge in [-0.25, -0.2) is 4.79 Å². The highest BCUT2D eigenvalue weighted by Gasteiger charge is 2.21. The average molecular weight is 533 g/mol. The van der Waals surface area contributed by atoms with Gasteiger partial charge in [0.15, 0.2) is 0 Å². The van der Waals surface area contributed by atoms with Crippen LogP contribution in [0.4, 0.5) is 16.2 Å². The van der Waals surface area contributed by atoms with Crippen LogP contribution in [0, 0.1) is 0 Å². The lowest BCUT2D eigenvalue weighted by Crippen LogP contribution is -2.20. The maximum Gasteiger partial charge on any atom is 0.323 e. The van der Waals surface area contributed by atoms with Gasteiger partial charge in [0.2, 0.25) is 0 Å². The average Bonchev–Trinajstić information content (AvgIpc) is 2.58. The third-order valence-electron chi connectivity index (χ3n) is 3.47. The Hall–Kier alpha value is -2.65. The van der Waals surface area contributed by atoms with Crippen molar-refractivity contribution in [1.29, 1.82) is 0 Å². The Morgan fingerprint density at radius 1 is 0.500 bits per heavy atom. The topological polar surface area (TPSA) is 259 Å². The summed E-state index contributed by atoms with van der Waals surface area (Å²) in [6, 6.07) is 1.85. The molecule has 19 heteroatoms. The van der Waals surface area contributed by atoms with Crippen LogP contribution in [0.15, 0.2) is 56.0 Å². The van der Waals surface area contributed by atoms with Crippen molar-refractivity contribution in [2.45, 2.75) is 19.6 Å². The van der Waals surface area contributed by atoms with E-state index in [2.05, 4.69) is 0 Å². The van der Waals surface area contributed by atoms with Crippen LogP contribution in [0.25, 0.3) is 0 Å². The number of rotatable bonds is 6. The Morgan fingerprint density at radius 2 is 0.719 bits per heavy atom. The van der Waals surface area contributed by atoms with Crippen LogP contribution in [-0.2, 0) is 40.5 Å². The number of carbonyl (C=O) groups is 1. The number of urea groups is 1. The summed E-state index contributed by atoms with van der Waals surface area (Å²) in [4.78, 5) is 8.06. The van der Waals surface area contributed by atoms with Crippen molar-refractivity contribution in [3.05, 3.63) is 36.4 Å². The number of nitrogens with one attached hydrogen (secondary N) is 2. The molecule has 0 heterocycles. The lowest BCUT2D eigenvalue weighted by molar-refractivity contribution is 0.262. The van der Waals surface area contributed by atoms with E-state index in [4.69, 9.17) is 18.2 Å². The number of carbonyl (C=O) groups excluding carboxylic acids is 1. The van der Waals surface area contributed by atoms with Gasteiger partial charge in [0.25, 0.3) is 40.5 Å². The van der Waals surface area contributed by atoms with Crippen LogP contribution in [0.1, 0.15) is 0 Å². The molecule has 2 rings (SSSR count). The standard InChI is InChI=1S/C13H12N2O13S4/c16-13(14-7-1-9(29(17,18)19)5-10(2-7)30(20,21)22)15-8-3-11(31(23,24)25)6-12(4-8)32(26,27)28/h1-6H,(H2,14,15,16)(H,17,18,19)(H,20,21,22)(H,23,24,25)(H,26,27,28). The molecule has 0 saturated carbocycles. The summed E-state index contributed by atoms with van der Waals surface area (Å²) in [5.74, 6) is 0. The lowest BCUT2D eigenvalue weighted by atomic mass is 10.3. The zero-order chi connectivity index (χ0) is 24.7. The molecule has 0 aliphatic rings. The molecule has 0 spiro atoms. The van der Waals surface area contributed by atoms with Gasteiger partial charge in [-0.1, -0.05) is 0 Å². The van der Waals surface area contributed by atoms with E-state index in [1.807, 2.05) is 10.6 Å². The van der Waals surface area contributed by atoms with E-state index in [0.717, 1.165) is 0 Å². The molecule has 0 aliphatic carbocycles. The predicted molar refractivity (Wildman–Crippen MR) is 105 cm³/mol. The molecule has 2 amide bonds. The van der Waals surface area contributed by atoms with Gasteiger partial charge in [-0.05, 0) is 36.4 Å². The molecule has 0 fully saturated rings. The molecule has 0 saturated heterocycles. The van der Waals surface area contributed by atoms with Gasteiger partial charge in [-0.3, -0.25) is 18.2 Å². The van der Waals surface area contributed by atoms with E-state index in [0.29, 0.717) is 36.4 Å². The quantitative estimate of drug-likeness (QED) is 0.274. The van der Waals surface area contributed by atoms with Crippen LogP contribution in [0.5, 0.6) is 0 Å². The van der Waals surface area contributed by atoms with Crippen LogP contribution < -0.4 is 10.6 Å². The van der Waals surface area contributed by atoms with Gasteiger partial charge in [0.05, 0.1) is 19.6 Å². The third-order valence-corrected chi connectivity index (χ3v) is 6.79. The first kappa shape index (κ1) is 25.6. The minimum absolute atomic E-state index is 0.391. The molecule has 0 radical (unpaired) electrons. The molecule has 32 heavy (non-hydrogen) atoms. The molecule has 176 valence electrons. The van der Waals surface area contributed by atoms with Gasteiger partial charge in [-0.2, -0.15) is 33.7 Å². The first-order valence-corrected chi connectivity index (χ1v) is 13.3. The van der Waals surface area contributed by atoms with E-state index >= 15 is 0 Å². The molecule has 0 aromatic heterocycles. The number of hydrogen-bond donors (Lipinski definition) is 6. The number of amides is 2. The fourth-order valence-corrected chi connectivity index (χ4v) is 4.53. The molecule has 15 nitrogen and oxygen atoms in total. The van der Waals surface area contributed by atoms with Gasteiger partial charge in [-0.15, -0.1) is 0 Å². The van der Waals surface area contributed by atoms with Crippen molar-refractivity contribution in [2.24, 2.45) is 0 Å². The normalized spacial score (nSPS) is 12.9. The minimum atomic E-state index is -4.98. The first-order chi connectivity index (χ1) is 14.3. The summed E-state index contributed by atoms with van der Waals surface area (Å²) in [7, 11) is -19.9. The number of benzene rings is 2. The number of anilines is 2. The molecule has 0 atom stereocenters. The van der Waals surface area contributed by atoms with Crippen LogP contribution in [-0.4, -0.2) is 57.9 Å². The third kappa shape index (κ3) is 6.67. The maximum absolute atomic E-state index is 12.2. The van der Waals surface area contributed by atoms with E-state index in [-0.39, 0.29) is 0 Å². The second-order valence-corrected chi connectivity index (χ2v) is 11.6. The molecular weight excluding hydrogens is 520 g/mol. The summed E-state index contributed by atoms with van der Waals surface area (Å²) in [5.41, 5.74) is -1.18. The van der Waals surface area contributed by atoms with E-state index in [9.17, 15) is 38.5 Å². The maximum atomic E-state index is 12.2. The summed E-state index contributed by atoms with van der Waals surface area (Å²) in [6.07, 6.45) is 0. The molecule has 0 aliphatic heterocycles. The molecule has 6 N–H and O–H groups in total. The highest BCUT2D eigenvalue weighted by Crippen LogP contribution is 2.24. The van der Waals surface area contributed by atoms with Gasteiger partial charge in [0, 0.05) is 11.4 Å². The minimum Gasteiger partial charge on any atom is -0.308 e. The fraction of sp³-hybridized carbons (Fsp3) is 0. The summed E-state index contributed by atoms with van der Waals surface area (Å²) in [6.45, 7) is 0. The second-order valence-electron chi connectivity index (χ2n) is 5.87. The SMILES string of the molecule is O=C(Nc1cc(S(=O)(=O)O)cc(S(=O)(=O)O)c1)Nc1cc(S(=O)(=O)O)cc(S(=O)(=O)O)c1. The van der Waals surface area contributed by atoms with Crippen molar-refractivity contribution in [1.82, 2.24) is 0 Å². The van der Waals surface area contributed by atoms with Crippen molar-refractivity contribution in [3.63, 3.8) is 0 Å². The van der Waals surface area contributed by atoms with E-state index in [1.165, 1.54) is 0 Å². The van der Waals surface area contributed by atoms with Crippen molar-refractivity contribution >= 4 is 57.9 Å². The highest BCUT2D eigenvalue weighted by atomic mass is 32.2. The van der Waals surface area contributed by atoms with Gasteiger partial charge < -0.3 is 10.6 Å². The van der Waals surface area contributed by atoms with Gasteiger partial charge in [0.1, 0.15) is 0 Å². The predicted octanol–water partition coefficient (Wildman–Crippen LogP) is 0.317. The Labute approximate surface area is 181 Å². The number of hydrogen-bond acceptors (Lipinski definition) is 9. The smallest absolute Gasteiger partial charge is 0.308 e. The molecular formula is C13H12N2O13S4. The lowest BCUT2D eigenvalue weighted by Gasteiger charge is -2.11. The van der Waals surface area contributed by atoms with Gasteiger partial charge >= 0.3 is 6.03 Å². The van der Waals surface area contributed by atoms with Crippen molar-refractivity contribution in [3.8, 4) is 0 Å². The largest absolute Gasteiger partial charge is 0.323 e. The Morgan fingerprint density at radius 3 is 0.906 bits per heavy atom. The van der Waals surface area contributed by atoms with Crippen LogP contribution in [0.2, 0.25) is 0 Å². The van der Waals surface area contributed by atoms with Crippen molar-refractivity contribution in [2.75, 3.05) is 10.6 Å². The fourth-order valence-electron chi connectivity index (χ4n) is 2.18. The Kier molecular flexibility index (Phi) is 6.69. The zero-order valence-corrected chi connectivity index (χ0v) is 18.3. The summed E-state index contributed by atoms with van der Waals surface area (Å²) >= 11 is 0. The summed E-state index contributed by atoms with van der Waals surface area (Å²) in [5, 5.41) is 3.81.